The molecular weight excluding hydrogens is 669 g/mol. The molecule has 0 aliphatic carbocycles. The Morgan fingerprint density at radius 1 is 1.08 bits per heavy atom. The molecule has 3 aromatic heterocycles. The highest BCUT2D eigenvalue weighted by Gasteiger charge is 2.43. The number of anilines is 2. The average Bonchev–Trinajstić information content (AvgIpc) is 3.90. The molecule has 5 atom stereocenters. The number of aromatic amines is 1. The average molecular weight is 723 g/mol. The molecule has 7 rings (SSSR count). The van der Waals surface area contributed by atoms with E-state index < -0.39 is 6.04 Å². The number of hydrogen-bond acceptors (Lipinski definition) is 11. The summed E-state index contributed by atoms with van der Waals surface area (Å²) in [5.74, 6) is 1.48. The smallest absolute Gasteiger partial charge is 0.242 e. The number of likely N-dealkylation sites (N-methyl/N-ethyl adjacent to an activating group) is 1. The number of hydroxylamine groups is 2. The second-order valence-corrected chi connectivity index (χ2v) is 15.5. The minimum absolute atomic E-state index is 0.0319. The normalized spacial score (nSPS) is 19.1. The zero-order chi connectivity index (χ0) is 37.4. The van der Waals surface area contributed by atoms with Gasteiger partial charge in [-0.3, -0.25) is 14.8 Å². The molecule has 2 aliphatic rings. The van der Waals surface area contributed by atoms with E-state index in [1.54, 1.807) is 7.11 Å². The molecule has 0 saturated carbocycles. The summed E-state index contributed by atoms with van der Waals surface area (Å²) in [5, 5.41) is 16.6. The molecule has 2 aromatic carbocycles. The lowest BCUT2D eigenvalue weighted by Crippen LogP contribution is -2.56. The van der Waals surface area contributed by atoms with Crippen LogP contribution in [0, 0.1) is 11.8 Å². The van der Waals surface area contributed by atoms with E-state index >= 15 is 0 Å². The predicted molar refractivity (Wildman–Crippen MR) is 211 cm³/mol. The second kappa shape index (κ2) is 15.5. The molecule has 0 radical (unpaired) electrons. The number of H-pyrrole nitrogens is 1. The van der Waals surface area contributed by atoms with Gasteiger partial charge in [0.15, 0.2) is 0 Å². The van der Waals surface area contributed by atoms with Gasteiger partial charge in [-0.1, -0.05) is 39.8 Å². The first-order valence-corrected chi connectivity index (χ1v) is 19.0. The summed E-state index contributed by atoms with van der Waals surface area (Å²) < 4.78 is 0. The molecule has 1 saturated heterocycles. The van der Waals surface area contributed by atoms with Crippen molar-refractivity contribution in [2.24, 2.45) is 17.6 Å². The lowest BCUT2D eigenvalue weighted by molar-refractivity contribution is -0.138. The minimum atomic E-state index is -0.636. The fourth-order valence-electron chi connectivity index (χ4n) is 8.29. The molecule has 13 nitrogen and oxygen atoms in total. The van der Waals surface area contributed by atoms with Gasteiger partial charge in [0, 0.05) is 48.1 Å². The van der Waals surface area contributed by atoms with Gasteiger partial charge >= 0.3 is 0 Å². The van der Waals surface area contributed by atoms with Gasteiger partial charge in [-0.05, 0) is 80.1 Å². The van der Waals surface area contributed by atoms with E-state index in [-0.39, 0.29) is 36.0 Å². The van der Waals surface area contributed by atoms with Crippen LogP contribution in [0.5, 0.6) is 0 Å². The van der Waals surface area contributed by atoms with Crippen LogP contribution in [0.15, 0.2) is 48.8 Å². The van der Waals surface area contributed by atoms with E-state index in [0.717, 1.165) is 93.3 Å². The number of likely N-dealkylation sites (tertiary alicyclic amines) is 1. The van der Waals surface area contributed by atoms with Crippen LogP contribution in [0.4, 0.5) is 11.4 Å². The quantitative estimate of drug-likeness (QED) is 0.0755. The Labute approximate surface area is 311 Å². The highest BCUT2D eigenvalue weighted by Crippen LogP contribution is 2.42. The van der Waals surface area contributed by atoms with Crippen LogP contribution < -0.4 is 26.9 Å². The summed E-state index contributed by atoms with van der Waals surface area (Å²) >= 11 is 0. The molecule has 5 aromatic rings. The third kappa shape index (κ3) is 7.04. The van der Waals surface area contributed by atoms with Crippen molar-refractivity contribution in [3.63, 3.8) is 0 Å². The fraction of sp³-hybridized carbons (Fsp3) is 0.500. The van der Waals surface area contributed by atoms with Gasteiger partial charge in [-0.2, -0.15) is 11.0 Å². The van der Waals surface area contributed by atoms with Crippen molar-refractivity contribution >= 4 is 50.0 Å². The second-order valence-electron chi connectivity index (χ2n) is 15.5. The van der Waals surface area contributed by atoms with Crippen LogP contribution >= 0.6 is 0 Å². The maximum atomic E-state index is 13.5. The molecule has 13 heteroatoms. The molecule has 53 heavy (non-hydrogen) atoms. The van der Waals surface area contributed by atoms with E-state index in [9.17, 15) is 10.0 Å². The number of benzene rings is 2. The third-order valence-corrected chi connectivity index (χ3v) is 11.4. The Morgan fingerprint density at radius 3 is 2.64 bits per heavy atom. The lowest BCUT2D eigenvalue weighted by atomic mass is 9.89. The van der Waals surface area contributed by atoms with Crippen LogP contribution in [0.2, 0.25) is 0 Å². The van der Waals surface area contributed by atoms with Crippen LogP contribution in [0.25, 0.3) is 44.0 Å². The first-order chi connectivity index (χ1) is 25.6. The zero-order valence-corrected chi connectivity index (χ0v) is 31.7. The summed E-state index contributed by atoms with van der Waals surface area (Å²) in [6.45, 7) is 9.59. The highest BCUT2D eigenvalue weighted by molar-refractivity contribution is 6.05. The Hall–Kier alpha value is -4.40. The Kier molecular flexibility index (Phi) is 10.8. The van der Waals surface area contributed by atoms with Gasteiger partial charge in [0.1, 0.15) is 18.0 Å². The number of amides is 1. The van der Waals surface area contributed by atoms with E-state index in [0.29, 0.717) is 19.0 Å². The van der Waals surface area contributed by atoms with Crippen LogP contribution in [0.3, 0.4) is 0 Å². The first-order valence-electron chi connectivity index (χ1n) is 19.0. The van der Waals surface area contributed by atoms with E-state index in [1.165, 1.54) is 0 Å². The highest BCUT2D eigenvalue weighted by atomic mass is 16.6. The number of nitrogens with zero attached hydrogens (tertiary/aromatic N) is 5. The van der Waals surface area contributed by atoms with Crippen LogP contribution in [-0.2, 0) is 9.63 Å². The van der Waals surface area contributed by atoms with E-state index in [4.69, 9.17) is 25.5 Å². The summed E-state index contributed by atoms with van der Waals surface area (Å²) in [4.78, 5) is 41.5. The lowest BCUT2D eigenvalue weighted by Gasteiger charge is -2.36. The monoisotopic (exact) mass is 722 g/mol. The summed E-state index contributed by atoms with van der Waals surface area (Å²) in [6.07, 6.45) is 8.30. The SMILES string of the molecule is CON[C@H](CC(CCCN)c1nc2ccc3cc(-c4ccc5c6c(cnc5c4)N(C)C([C@@H]4CCCN4C(=O)[C@@H](NO)C(C)C)N6)ncc3c2[nH]1)C(C)C. The number of hydrogen-bond donors (Lipinski definition) is 6. The van der Waals surface area contributed by atoms with Crippen LogP contribution in [0.1, 0.15) is 71.5 Å². The minimum Gasteiger partial charge on any atom is -0.361 e. The van der Waals surface area contributed by atoms with Gasteiger partial charge < -0.3 is 35.9 Å². The van der Waals surface area contributed by atoms with E-state index in [2.05, 4.69) is 83.5 Å². The van der Waals surface area contributed by atoms with Crippen molar-refractivity contribution in [2.75, 3.05) is 37.5 Å². The number of pyridine rings is 2. The van der Waals surface area contributed by atoms with Crippen molar-refractivity contribution in [1.29, 1.82) is 0 Å². The summed E-state index contributed by atoms with van der Waals surface area (Å²) in [6, 6.07) is 12.2. The number of nitrogens with two attached hydrogens (primary N) is 1. The number of fused-ring (bicyclic) bond motifs is 6. The van der Waals surface area contributed by atoms with Gasteiger partial charge in [0.05, 0.1) is 53.0 Å². The largest absolute Gasteiger partial charge is 0.361 e. The number of carbonyl (C=O) groups is 1. The van der Waals surface area contributed by atoms with Gasteiger partial charge in [-0.25, -0.2) is 4.98 Å². The molecule has 7 N–H and O–H groups in total. The topological polar surface area (TPSA) is 170 Å². The van der Waals surface area contributed by atoms with Gasteiger partial charge in [0.2, 0.25) is 5.91 Å². The molecule has 2 unspecified atom stereocenters. The van der Waals surface area contributed by atoms with Crippen molar-refractivity contribution in [3.05, 3.63) is 54.6 Å². The maximum Gasteiger partial charge on any atom is 0.242 e. The van der Waals surface area contributed by atoms with Crippen molar-refractivity contribution in [3.8, 4) is 11.3 Å². The summed E-state index contributed by atoms with van der Waals surface area (Å²) in [7, 11) is 3.72. The van der Waals surface area contributed by atoms with Gasteiger partial charge in [-0.15, -0.1) is 0 Å². The number of aromatic nitrogens is 4. The fourth-order valence-corrected chi connectivity index (χ4v) is 8.29. The number of rotatable bonds is 14. The van der Waals surface area contributed by atoms with Crippen molar-refractivity contribution < 1.29 is 14.8 Å². The molecule has 0 spiro atoms. The maximum absolute atomic E-state index is 13.5. The number of imidazole rings is 1. The number of carbonyl (C=O) groups excluding carboxylic acids is 1. The molecule has 5 heterocycles. The third-order valence-electron chi connectivity index (χ3n) is 11.4. The molecule has 1 fully saturated rings. The van der Waals surface area contributed by atoms with Crippen molar-refractivity contribution in [2.45, 2.75) is 90.0 Å². The molecule has 1 amide bonds. The molecule has 2 aliphatic heterocycles. The standard InChI is InChI=1S/C40H54N10O3/c1-22(2)30(48-53-6)19-26(9-7-15-41)38-44-29-14-12-24-17-31(42-20-28(24)36(29)45-38)25-11-13-27-32(18-25)43-21-34-37(27)46-39(49(34)5)33-10-8-16-50(33)40(51)35(47-52)23(3)4/h11-14,17-18,20-23,26,30,33,35,39,46-48,52H,7-10,15-16,19,41H2,1-6H3,(H,44,45)/t26?,30-,33+,35+,39?/m1/s1. The molecular formula is C40H54N10O3. The van der Waals surface area contributed by atoms with Crippen LogP contribution in [-0.4, -0.2) is 87.5 Å². The molecule has 0 bridgehead atoms. The summed E-state index contributed by atoms with van der Waals surface area (Å²) in [5.41, 5.74) is 18.0. The van der Waals surface area contributed by atoms with Crippen molar-refractivity contribution in [1.82, 2.24) is 35.8 Å². The predicted octanol–water partition coefficient (Wildman–Crippen LogP) is 5.90. The zero-order valence-electron chi connectivity index (χ0n) is 31.7. The first kappa shape index (κ1) is 36.9. The van der Waals surface area contributed by atoms with E-state index in [1.807, 2.05) is 31.1 Å². The Bertz CT molecular complexity index is 2080. The number of nitrogens with one attached hydrogen (secondary N) is 4. The Balaban J connectivity index is 1.15. The van der Waals surface area contributed by atoms with Gasteiger partial charge in [0.25, 0.3) is 0 Å². The Morgan fingerprint density at radius 2 is 1.91 bits per heavy atom. The molecule has 282 valence electrons.